The van der Waals surface area contributed by atoms with E-state index in [1.165, 1.54) is 12.1 Å². The first kappa shape index (κ1) is 13.7. The third-order valence-corrected chi connectivity index (χ3v) is 2.47. The van der Waals surface area contributed by atoms with Gasteiger partial charge in [0, 0.05) is 18.2 Å². The molecule has 2 aromatic rings. The molecule has 0 aliphatic heterocycles. The molecule has 0 saturated carbocycles. The Bertz CT molecular complexity index is 746. The molecule has 0 atom stereocenters. The van der Waals surface area contributed by atoms with Crippen LogP contribution in [0.25, 0.3) is 11.0 Å². The lowest BCUT2D eigenvalue weighted by Crippen LogP contribution is -2.14. The first-order valence-corrected chi connectivity index (χ1v) is 5.82. The number of hydrogen-bond acceptors (Lipinski definition) is 6. The van der Waals surface area contributed by atoms with Gasteiger partial charge in [0.15, 0.2) is 5.43 Å². The lowest BCUT2D eigenvalue weighted by molar-refractivity contribution is -0.384. The second-order valence-corrected chi connectivity index (χ2v) is 4.37. The normalized spacial score (nSPS) is 10.8. The Morgan fingerprint density at radius 1 is 1.35 bits per heavy atom. The Morgan fingerprint density at radius 3 is 2.65 bits per heavy atom. The minimum Gasteiger partial charge on any atom is -0.457 e. The highest BCUT2D eigenvalue weighted by Crippen LogP contribution is 2.19. The van der Waals surface area contributed by atoms with Crippen molar-refractivity contribution >= 4 is 22.6 Å². The number of nitro groups is 1. The number of carbonyl (C=O) groups is 1. The van der Waals surface area contributed by atoms with Crippen LogP contribution in [-0.2, 0) is 4.74 Å². The fourth-order valence-electron chi connectivity index (χ4n) is 1.63. The van der Waals surface area contributed by atoms with E-state index in [4.69, 9.17) is 9.15 Å². The second-order valence-electron chi connectivity index (χ2n) is 4.37. The van der Waals surface area contributed by atoms with Crippen molar-refractivity contribution in [2.24, 2.45) is 0 Å². The van der Waals surface area contributed by atoms with Crippen molar-refractivity contribution in [1.82, 2.24) is 0 Å². The van der Waals surface area contributed by atoms with Gasteiger partial charge in [-0.25, -0.2) is 4.79 Å². The monoisotopic (exact) mass is 277 g/mol. The van der Waals surface area contributed by atoms with E-state index in [1.54, 1.807) is 13.8 Å². The molecule has 104 valence electrons. The maximum atomic E-state index is 11.9. The van der Waals surface area contributed by atoms with Crippen LogP contribution in [0.2, 0.25) is 0 Å². The van der Waals surface area contributed by atoms with E-state index in [-0.39, 0.29) is 28.5 Å². The Hall–Kier alpha value is -2.70. The minimum absolute atomic E-state index is 0.0419. The lowest BCUT2D eigenvalue weighted by atomic mass is 10.2. The van der Waals surface area contributed by atoms with Gasteiger partial charge in [-0.05, 0) is 19.9 Å². The van der Waals surface area contributed by atoms with Crippen LogP contribution in [0.1, 0.15) is 24.4 Å². The van der Waals surface area contributed by atoms with Gasteiger partial charge in [0.05, 0.1) is 16.4 Å². The van der Waals surface area contributed by atoms with Crippen LogP contribution in [-0.4, -0.2) is 17.0 Å². The molecule has 1 heterocycles. The van der Waals surface area contributed by atoms with Gasteiger partial charge in [-0.1, -0.05) is 0 Å². The van der Waals surface area contributed by atoms with Gasteiger partial charge >= 0.3 is 5.97 Å². The van der Waals surface area contributed by atoms with Gasteiger partial charge in [-0.2, -0.15) is 0 Å². The number of non-ortho nitro benzene ring substituents is 1. The van der Waals surface area contributed by atoms with Crippen molar-refractivity contribution in [3.8, 4) is 0 Å². The van der Waals surface area contributed by atoms with Crippen molar-refractivity contribution in [2.75, 3.05) is 0 Å². The molecule has 1 aromatic heterocycles. The Morgan fingerprint density at radius 2 is 2.05 bits per heavy atom. The molecule has 0 bridgehead atoms. The minimum atomic E-state index is -0.752. The van der Waals surface area contributed by atoms with Crippen LogP contribution >= 0.6 is 0 Å². The first-order valence-electron chi connectivity index (χ1n) is 5.82. The molecule has 20 heavy (non-hydrogen) atoms. The van der Waals surface area contributed by atoms with Gasteiger partial charge in [-0.3, -0.25) is 14.9 Å². The predicted octanol–water partition coefficient (Wildman–Crippen LogP) is 2.27. The largest absolute Gasteiger partial charge is 0.457 e. The van der Waals surface area contributed by atoms with Gasteiger partial charge in [0.25, 0.3) is 5.69 Å². The summed E-state index contributed by atoms with van der Waals surface area (Å²) in [6.07, 6.45) is -0.347. The van der Waals surface area contributed by atoms with E-state index in [0.29, 0.717) is 0 Å². The molecule has 2 rings (SSSR count). The highest BCUT2D eigenvalue weighted by atomic mass is 16.6. The molecule has 7 heteroatoms. The zero-order chi connectivity index (χ0) is 14.9. The third-order valence-electron chi connectivity index (χ3n) is 2.47. The molecule has 0 aliphatic carbocycles. The molecule has 0 N–H and O–H groups in total. The standard InChI is InChI=1S/C13H11NO6/c1-7(2)19-13(16)12-6-10(15)9-5-8(14(17)18)3-4-11(9)20-12/h3-7H,1-2H3. The number of benzene rings is 1. The number of fused-ring (bicyclic) bond motifs is 1. The fraction of sp³-hybridized carbons (Fsp3) is 0.231. The molecule has 1 aromatic carbocycles. The summed E-state index contributed by atoms with van der Waals surface area (Å²) in [6, 6.07) is 4.55. The molecule has 0 fully saturated rings. The third kappa shape index (κ3) is 2.66. The van der Waals surface area contributed by atoms with E-state index < -0.39 is 16.3 Å². The van der Waals surface area contributed by atoms with Crippen LogP contribution in [0.5, 0.6) is 0 Å². The summed E-state index contributed by atoms with van der Waals surface area (Å²) < 4.78 is 10.2. The zero-order valence-electron chi connectivity index (χ0n) is 10.8. The predicted molar refractivity (Wildman–Crippen MR) is 69.7 cm³/mol. The number of hydrogen-bond donors (Lipinski definition) is 0. The molecule has 0 amide bonds. The smallest absolute Gasteiger partial charge is 0.374 e. The fourth-order valence-corrected chi connectivity index (χ4v) is 1.63. The summed E-state index contributed by atoms with van der Waals surface area (Å²) in [4.78, 5) is 33.6. The number of ether oxygens (including phenoxy) is 1. The van der Waals surface area contributed by atoms with Crippen LogP contribution in [0.15, 0.2) is 33.5 Å². The number of esters is 1. The van der Waals surface area contributed by atoms with Crippen molar-refractivity contribution in [3.63, 3.8) is 0 Å². The molecule has 0 spiro atoms. The highest BCUT2D eigenvalue weighted by Gasteiger charge is 2.16. The summed E-state index contributed by atoms with van der Waals surface area (Å²) >= 11 is 0. The molecular weight excluding hydrogens is 266 g/mol. The number of carbonyl (C=O) groups excluding carboxylic acids is 1. The molecule has 0 unspecified atom stereocenters. The average Bonchev–Trinajstić information content (AvgIpc) is 2.37. The van der Waals surface area contributed by atoms with Gasteiger partial charge in [-0.15, -0.1) is 0 Å². The van der Waals surface area contributed by atoms with E-state index in [1.807, 2.05) is 0 Å². The van der Waals surface area contributed by atoms with Crippen molar-refractivity contribution < 1.29 is 18.9 Å². The molecule has 0 radical (unpaired) electrons. The van der Waals surface area contributed by atoms with Crippen molar-refractivity contribution in [1.29, 1.82) is 0 Å². The van der Waals surface area contributed by atoms with Crippen molar-refractivity contribution in [3.05, 3.63) is 50.4 Å². The Labute approximate surface area is 112 Å². The number of nitro benzene ring substituents is 1. The lowest BCUT2D eigenvalue weighted by Gasteiger charge is -2.07. The summed E-state index contributed by atoms with van der Waals surface area (Å²) in [5.74, 6) is -0.984. The zero-order valence-corrected chi connectivity index (χ0v) is 10.8. The number of rotatable bonds is 3. The summed E-state index contributed by atoms with van der Waals surface area (Å²) in [5.41, 5.74) is -0.660. The molecule has 0 aliphatic rings. The van der Waals surface area contributed by atoms with E-state index in [0.717, 1.165) is 12.1 Å². The average molecular weight is 277 g/mol. The summed E-state index contributed by atoms with van der Waals surface area (Å²) in [6.45, 7) is 3.33. The summed E-state index contributed by atoms with van der Waals surface area (Å²) in [7, 11) is 0. The number of nitrogens with zero attached hydrogens (tertiary/aromatic N) is 1. The van der Waals surface area contributed by atoms with Gasteiger partial charge in [0.1, 0.15) is 5.58 Å². The van der Waals surface area contributed by atoms with Gasteiger partial charge in [0.2, 0.25) is 5.76 Å². The molecule has 0 saturated heterocycles. The van der Waals surface area contributed by atoms with Crippen molar-refractivity contribution in [2.45, 2.75) is 20.0 Å². The van der Waals surface area contributed by atoms with E-state index in [9.17, 15) is 19.7 Å². The second kappa shape index (κ2) is 5.12. The van der Waals surface area contributed by atoms with Crippen LogP contribution in [0.4, 0.5) is 5.69 Å². The van der Waals surface area contributed by atoms with Crippen LogP contribution < -0.4 is 5.43 Å². The highest BCUT2D eigenvalue weighted by molar-refractivity contribution is 5.89. The maximum Gasteiger partial charge on any atom is 0.374 e. The Balaban J connectivity index is 2.54. The van der Waals surface area contributed by atoms with E-state index >= 15 is 0 Å². The van der Waals surface area contributed by atoms with Crippen LogP contribution in [0.3, 0.4) is 0 Å². The topological polar surface area (TPSA) is 99.7 Å². The molecule has 7 nitrogen and oxygen atoms in total. The SMILES string of the molecule is CC(C)OC(=O)c1cc(=O)c2cc([N+](=O)[O-])ccc2o1. The quantitative estimate of drug-likeness (QED) is 0.484. The van der Waals surface area contributed by atoms with E-state index in [2.05, 4.69) is 0 Å². The summed E-state index contributed by atoms with van der Waals surface area (Å²) in [5, 5.41) is 10.7. The molecular formula is C13H11NO6. The Kier molecular flexibility index (Phi) is 3.51. The van der Waals surface area contributed by atoms with Crippen LogP contribution in [0, 0.1) is 10.1 Å². The van der Waals surface area contributed by atoms with Gasteiger partial charge < -0.3 is 9.15 Å². The first-order chi connectivity index (χ1) is 9.38. The maximum absolute atomic E-state index is 11.9.